The maximum Gasteiger partial charge on any atom is 0.494 e. The Morgan fingerprint density at radius 1 is 1.19 bits per heavy atom. The van der Waals surface area contributed by atoms with Gasteiger partial charge in [0.05, 0.1) is 11.2 Å². The fraction of sp³-hybridized carbons (Fsp3) is 0.667. The summed E-state index contributed by atoms with van der Waals surface area (Å²) in [6, 6.07) is 6.35. The highest BCUT2D eigenvalue weighted by Crippen LogP contribution is 2.37. The number of fused-ring (bicyclic) bond motifs is 1. The predicted molar refractivity (Wildman–Crippen MR) is 107 cm³/mol. The summed E-state index contributed by atoms with van der Waals surface area (Å²) in [5, 5.41) is 0. The van der Waals surface area contributed by atoms with Crippen molar-refractivity contribution < 1.29 is 18.8 Å². The molecule has 6 heteroatoms. The largest absolute Gasteiger partial charge is 0.494 e. The molecule has 0 saturated carbocycles. The van der Waals surface area contributed by atoms with E-state index in [1.54, 1.807) is 4.90 Å². The van der Waals surface area contributed by atoms with Gasteiger partial charge in [-0.1, -0.05) is 25.1 Å². The van der Waals surface area contributed by atoms with Crippen molar-refractivity contribution in [2.75, 3.05) is 6.54 Å². The first-order valence-electron chi connectivity index (χ1n) is 9.75. The minimum absolute atomic E-state index is 0.258. The molecule has 3 rings (SSSR count). The number of benzene rings is 1. The number of hydrogen-bond donors (Lipinski definition) is 0. The van der Waals surface area contributed by atoms with Crippen LogP contribution in [0.25, 0.3) is 0 Å². The zero-order chi connectivity index (χ0) is 20.2. The van der Waals surface area contributed by atoms with Gasteiger partial charge in [0, 0.05) is 13.1 Å². The predicted octanol–water partition coefficient (Wildman–Crippen LogP) is 3.84. The number of rotatable bonds is 1. The van der Waals surface area contributed by atoms with E-state index in [9.17, 15) is 4.79 Å². The fourth-order valence-corrected chi connectivity index (χ4v) is 3.53. The molecule has 1 saturated heterocycles. The minimum Gasteiger partial charge on any atom is -0.444 e. The van der Waals surface area contributed by atoms with E-state index in [1.807, 2.05) is 20.8 Å². The first-order valence-corrected chi connectivity index (χ1v) is 9.75. The smallest absolute Gasteiger partial charge is 0.444 e. The summed E-state index contributed by atoms with van der Waals surface area (Å²) in [6.07, 6.45) is -0.263. The Kier molecular flexibility index (Phi) is 4.88. The van der Waals surface area contributed by atoms with Crippen LogP contribution in [0.2, 0.25) is 0 Å². The lowest BCUT2D eigenvalue weighted by atomic mass is 9.76. The first kappa shape index (κ1) is 20.2. The van der Waals surface area contributed by atoms with Gasteiger partial charge in [-0.3, -0.25) is 0 Å². The van der Waals surface area contributed by atoms with Gasteiger partial charge in [0.15, 0.2) is 0 Å². The summed E-state index contributed by atoms with van der Waals surface area (Å²) in [5.41, 5.74) is 2.16. The van der Waals surface area contributed by atoms with Crippen LogP contribution in [0.5, 0.6) is 0 Å². The van der Waals surface area contributed by atoms with Crippen LogP contribution in [0, 0.1) is 0 Å². The second-order valence-corrected chi connectivity index (χ2v) is 9.81. The molecule has 0 radical (unpaired) electrons. The highest BCUT2D eigenvalue weighted by atomic mass is 16.7. The molecule has 0 N–H and O–H groups in total. The van der Waals surface area contributed by atoms with Gasteiger partial charge in [0.2, 0.25) is 0 Å². The molecule has 2 heterocycles. The quantitative estimate of drug-likeness (QED) is 0.702. The van der Waals surface area contributed by atoms with Crippen LogP contribution in [0.1, 0.15) is 72.4 Å². The van der Waals surface area contributed by atoms with Gasteiger partial charge in [0.25, 0.3) is 0 Å². The van der Waals surface area contributed by atoms with E-state index < -0.39 is 12.7 Å². The Morgan fingerprint density at radius 2 is 1.78 bits per heavy atom. The fourth-order valence-electron chi connectivity index (χ4n) is 3.53. The minimum atomic E-state index is -0.495. The topological polar surface area (TPSA) is 48.0 Å². The van der Waals surface area contributed by atoms with Gasteiger partial charge in [-0.05, 0) is 71.0 Å². The molecule has 1 aromatic carbocycles. The van der Waals surface area contributed by atoms with Crippen molar-refractivity contribution in [2.24, 2.45) is 0 Å². The van der Waals surface area contributed by atoms with E-state index in [0.29, 0.717) is 13.1 Å². The first-order chi connectivity index (χ1) is 12.3. The van der Waals surface area contributed by atoms with Crippen molar-refractivity contribution in [3.63, 3.8) is 0 Å². The Labute approximate surface area is 163 Å². The third-order valence-electron chi connectivity index (χ3n) is 5.73. The Bertz CT molecular complexity index is 722. The summed E-state index contributed by atoms with van der Waals surface area (Å²) in [7, 11) is -0.396. The highest BCUT2D eigenvalue weighted by Gasteiger charge is 2.51. The standard InChI is InChI=1S/C21H32BNO4/c1-14-12-23(18(24)25-19(2,3)4)13-15-11-16(9-10-17(14)15)22-26-20(5,6)21(7,8)27-22/h9-11,14H,12-13H2,1-8H3. The third-order valence-corrected chi connectivity index (χ3v) is 5.73. The van der Waals surface area contributed by atoms with Crippen molar-refractivity contribution in [3.8, 4) is 0 Å². The summed E-state index contributed by atoms with van der Waals surface area (Å²) >= 11 is 0. The number of ether oxygens (including phenoxy) is 1. The maximum atomic E-state index is 12.5. The van der Waals surface area contributed by atoms with Crippen LogP contribution in [0.15, 0.2) is 18.2 Å². The molecule has 1 amide bonds. The molecule has 2 aliphatic rings. The molecule has 1 unspecified atom stereocenters. The molecule has 0 aromatic heterocycles. The second-order valence-electron chi connectivity index (χ2n) is 9.81. The molecule has 1 atom stereocenters. The zero-order valence-corrected chi connectivity index (χ0v) is 17.9. The van der Waals surface area contributed by atoms with Crippen molar-refractivity contribution in [2.45, 2.75) is 84.7 Å². The van der Waals surface area contributed by atoms with E-state index in [2.05, 4.69) is 52.8 Å². The molecule has 1 fully saturated rings. The number of amides is 1. The number of carbonyl (C=O) groups excluding carboxylic acids is 1. The van der Waals surface area contributed by atoms with Crippen LogP contribution >= 0.6 is 0 Å². The van der Waals surface area contributed by atoms with E-state index >= 15 is 0 Å². The monoisotopic (exact) mass is 373 g/mol. The third kappa shape index (κ3) is 4.02. The van der Waals surface area contributed by atoms with Crippen LogP contribution in [0.4, 0.5) is 4.79 Å². The highest BCUT2D eigenvalue weighted by molar-refractivity contribution is 6.62. The lowest BCUT2D eigenvalue weighted by molar-refractivity contribution is 0.00578. The number of carbonyl (C=O) groups is 1. The molecule has 27 heavy (non-hydrogen) atoms. The van der Waals surface area contributed by atoms with E-state index in [1.165, 1.54) is 5.56 Å². The lowest BCUT2D eigenvalue weighted by Gasteiger charge is -2.34. The molecule has 1 aromatic rings. The van der Waals surface area contributed by atoms with Crippen LogP contribution < -0.4 is 5.46 Å². The number of nitrogens with zero attached hydrogens (tertiary/aromatic N) is 1. The summed E-state index contributed by atoms with van der Waals surface area (Å²) in [4.78, 5) is 14.3. The van der Waals surface area contributed by atoms with Crippen molar-refractivity contribution >= 4 is 18.7 Å². The molecule has 0 aliphatic carbocycles. The second kappa shape index (κ2) is 6.52. The summed E-state index contributed by atoms with van der Waals surface area (Å²) < 4.78 is 17.9. The SMILES string of the molecule is CC1CN(C(=O)OC(C)(C)C)Cc2cc(B3OC(C)(C)C(C)(C)O3)ccc21. The average molecular weight is 373 g/mol. The maximum absolute atomic E-state index is 12.5. The summed E-state index contributed by atoms with van der Waals surface area (Å²) in [5.74, 6) is 0.258. The average Bonchev–Trinajstić information content (AvgIpc) is 2.73. The van der Waals surface area contributed by atoms with Crippen molar-refractivity contribution in [3.05, 3.63) is 29.3 Å². The van der Waals surface area contributed by atoms with Gasteiger partial charge in [-0.25, -0.2) is 4.79 Å². The van der Waals surface area contributed by atoms with E-state index in [4.69, 9.17) is 14.0 Å². The van der Waals surface area contributed by atoms with E-state index in [-0.39, 0.29) is 23.2 Å². The van der Waals surface area contributed by atoms with Gasteiger partial charge in [0.1, 0.15) is 5.60 Å². The number of hydrogen-bond acceptors (Lipinski definition) is 4. The van der Waals surface area contributed by atoms with E-state index in [0.717, 1.165) is 11.0 Å². The van der Waals surface area contributed by atoms with Gasteiger partial charge in [-0.2, -0.15) is 0 Å². The Hall–Kier alpha value is -1.53. The van der Waals surface area contributed by atoms with Crippen LogP contribution in [0.3, 0.4) is 0 Å². The van der Waals surface area contributed by atoms with Crippen molar-refractivity contribution in [1.29, 1.82) is 0 Å². The lowest BCUT2D eigenvalue weighted by Crippen LogP contribution is -2.42. The van der Waals surface area contributed by atoms with Gasteiger partial charge >= 0.3 is 13.2 Å². The van der Waals surface area contributed by atoms with Gasteiger partial charge in [-0.15, -0.1) is 0 Å². The molecule has 148 valence electrons. The van der Waals surface area contributed by atoms with Crippen LogP contribution in [-0.2, 0) is 20.6 Å². The van der Waals surface area contributed by atoms with Crippen LogP contribution in [-0.4, -0.2) is 41.5 Å². The molecular weight excluding hydrogens is 341 g/mol. The molecule has 0 bridgehead atoms. The zero-order valence-electron chi connectivity index (χ0n) is 17.9. The molecular formula is C21H32BNO4. The Morgan fingerprint density at radius 3 is 2.33 bits per heavy atom. The van der Waals surface area contributed by atoms with Crippen molar-refractivity contribution in [1.82, 2.24) is 4.90 Å². The normalized spacial score (nSPS) is 23.9. The Balaban J connectivity index is 1.83. The molecule has 2 aliphatic heterocycles. The summed E-state index contributed by atoms with van der Waals surface area (Å²) in [6.45, 7) is 17.2. The molecule has 5 nitrogen and oxygen atoms in total. The molecule has 0 spiro atoms. The van der Waals surface area contributed by atoms with Gasteiger partial charge < -0.3 is 18.9 Å².